The molecule has 152 valence electrons. The van der Waals surface area contributed by atoms with Crippen molar-refractivity contribution in [3.63, 3.8) is 0 Å². The van der Waals surface area contributed by atoms with Crippen LogP contribution in [-0.4, -0.2) is 41.4 Å². The van der Waals surface area contributed by atoms with Crippen molar-refractivity contribution in [2.24, 2.45) is 0 Å². The van der Waals surface area contributed by atoms with Crippen molar-refractivity contribution < 1.29 is 17.9 Å². The van der Waals surface area contributed by atoms with E-state index < -0.39 is 23.3 Å². The highest BCUT2D eigenvalue weighted by Crippen LogP contribution is 2.44. The molecule has 1 saturated heterocycles. The molecule has 1 N–H and O–H groups in total. The molecule has 0 amide bonds. The number of H-pyrrole nitrogens is 1. The summed E-state index contributed by atoms with van der Waals surface area (Å²) >= 11 is 3.18. The van der Waals surface area contributed by atoms with E-state index >= 15 is 8.78 Å². The molecule has 3 nitrogen and oxygen atoms in total. The van der Waals surface area contributed by atoms with Crippen LogP contribution in [0.4, 0.5) is 13.2 Å². The van der Waals surface area contributed by atoms with Gasteiger partial charge in [0.25, 0.3) is 0 Å². The molecule has 0 aliphatic carbocycles. The third-order valence-electron chi connectivity index (χ3n) is 6.06. The van der Waals surface area contributed by atoms with Gasteiger partial charge < -0.3 is 9.72 Å². The molecule has 2 aromatic carbocycles. The molecule has 5 rings (SSSR count). The Hall–Kier alpha value is -1.83. The zero-order valence-electron chi connectivity index (χ0n) is 15.8. The predicted octanol–water partition coefficient (Wildman–Crippen LogP) is 5.28. The van der Waals surface area contributed by atoms with E-state index in [2.05, 4.69) is 20.9 Å². The Morgan fingerprint density at radius 2 is 1.97 bits per heavy atom. The van der Waals surface area contributed by atoms with Crippen LogP contribution >= 0.6 is 15.9 Å². The Balaban J connectivity index is 1.73. The molecule has 3 heterocycles. The van der Waals surface area contributed by atoms with Gasteiger partial charge in [0.1, 0.15) is 11.6 Å². The van der Waals surface area contributed by atoms with Crippen LogP contribution in [0.2, 0.25) is 0 Å². The van der Waals surface area contributed by atoms with E-state index in [1.807, 2.05) is 36.1 Å². The lowest BCUT2D eigenvalue weighted by atomic mass is 9.86. The molecule has 2 aliphatic heterocycles. The topological polar surface area (TPSA) is 28.3 Å². The molecule has 0 saturated carbocycles. The van der Waals surface area contributed by atoms with Crippen LogP contribution in [0.3, 0.4) is 0 Å². The number of halogens is 4. The van der Waals surface area contributed by atoms with E-state index in [0.29, 0.717) is 6.42 Å². The average Bonchev–Trinajstić information content (AvgIpc) is 3.04. The number of rotatable bonds is 3. The van der Waals surface area contributed by atoms with Crippen LogP contribution in [0.1, 0.15) is 29.8 Å². The highest BCUT2D eigenvalue weighted by atomic mass is 79.9. The van der Waals surface area contributed by atoms with E-state index in [9.17, 15) is 4.39 Å². The summed E-state index contributed by atoms with van der Waals surface area (Å²) in [5.74, 6) is -1.30. The number of nitrogens with one attached hydrogen (secondary N) is 1. The smallest absolute Gasteiger partial charge is 0.169 e. The van der Waals surface area contributed by atoms with Crippen LogP contribution in [0.15, 0.2) is 40.9 Å². The fraction of sp³-hybridized carbons (Fsp3) is 0.364. The predicted molar refractivity (Wildman–Crippen MR) is 109 cm³/mol. The normalized spacial score (nSPS) is 23.8. The molecule has 0 radical (unpaired) electrons. The number of aromatic amines is 1. The van der Waals surface area contributed by atoms with E-state index in [-0.39, 0.29) is 35.8 Å². The molecule has 2 atom stereocenters. The Kier molecular flexibility index (Phi) is 4.53. The van der Waals surface area contributed by atoms with Crippen LogP contribution in [0, 0.1) is 11.6 Å². The first kappa shape index (κ1) is 19.2. The largest absolute Gasteiger partial charge is 0.375 e. The second-order valence-electron chi connectivity index (χ2n) is 8.09. The van der Waals surface area contributed by atoms with Gasteiger partial charge in [-0.05, 0) is 53.0 Å². The maximum Gasteiger partial charge on any atom is 0.169 e. The Labute approximate surface area is 175 Å². The zero-order valence-corrected chi connectivity index (χ0v) is 17.4. The summed E-state index contributed by atoms with van der Waals surface area (Å²) in [6.07, 6.45) is 0.671. The minimum Gasteiger partial charge on any atom is -0.375 e. The summed E-state index contributed by atoms with van der Waals surface area (Å²) in [5, 5.41) is 1.04. The molecule has 7 heteroatoms. The summed E-state index contributed by atoms with van der Waals surface area (Å²) in [6.45, 7) is 2.05. The van der Waals surface area contributed by atoms with Crippen molar-refractivity contribution >= 4 is 26.8 Å². The average molecular weight is 465 g/mol. The number of ether oxygens (including phenoxy) is 1. The number of hydrogen-bond acceptors (Lipinski definition) is 2. The summed E-state index contributed by atoms with van der Waals surface area (Å²) in [7, 11) is 0. The van der Waals surface area contributed by atoms with Crippen molar-refractivity contribution in [1.29, 1.82) is 0 Å². The van der Waals surface area contributed by atoms with Gasteiger partial charge in [0.05, 0.1) is 23.7 Å². The van der Waals surface area contributed by atoms with Crippen LogP contribution in [0.25, 0.3) is 10.9 Å². The number of para-hydroxylation sites is 1. The molecule has 2 aliphatic rings. The summed E-state index contributed by atoms with van der Waals surface area (Å²) in [6, 6.07) is 9.57. The lowest BCUT2D eigenvalue weighted by molar-refractivity contribution is -0.148. The van der Waals surface area contributed by atoms with Gasteiger partial charge in [-0.1, -0.05) is 18.2 Å². The molecule has 0 spiro atoms. The molecule has 0 unspecified atom stereocenters. The fourth-order valence-electron chi connectivity index (χ4n) is 4.60. The van der Waals surface area contributed by atoms with Gasteiger partial charge in [0.2, 0.25) is 0 Å². The molecule has 1 fully saturated rings. The number of alkyl halides is 1. The SMILES string of the molecule is C[C@@H]1Cc2c([nH]c3ccccc23)[C@@H](c2c(F)ccc(Br)c2F)N1CC1(F)COC1. The molecule has 0 bridgehead atoms. The minimum atomic E-state index is -1.50. The van der Waals surface area contributed by atoms with Crippen molar-refractivity contribution in [2.75, 3.05) is 19.8 Å². The van der Waals surface area contributed by atoms with Gasteiger partial charge in [-0.25, -0.2) is 13.2 Å². The third kappa shape index (κ3) is 3.02. The second-order valence-corrected chi connectivity index (χ2v) is 8.95. The number of benzene rings is 2. The molecular formula is C22H20BrF3N2O. The van der Waals surface area contributed by atoms with Crippen LogP contribution < -0.4 is 0 Å². The maximum atomic E-state index is 15.2. The van der Waals surface area contributed by atoms with E-state index in [1.165, 1.54) is 12.1 Å². The van der Waals surface area contributed by atoms with Gasteiger partial charge in [0, 0.05) is 34.7 Å². The standard InChI is InChI=1S/C22H20BrF3N2O/c1-12-8-14-13-4-2-3-5-17(13)27-20(14)21(28(12)9-22(26)10-29-11-22)18-16(24)7-6-15(23)19(18)25/h2-7,12,21,27H,8-11H2,1H3/t12-,21-/m1/s1. The van der Waals surface area contributed by atoms with Gasteiger partial charge >= 0.3 is 0 Å². The second kappa shape index (κ2) is 6.86. The van der Waals surface area contributed by atoms with E-state index in [4.69, 9.17) is 4.74 Å². The first-order chi connectivity index (χ1) is 13.9. The summed E-state index contributed by atoms with van der Waals surface area (Å²) in [4.78, 5) is 5.24. The number of nitrogens with zero attached hydrogens (tertiary/aromatic N) is 1. The lowest BCUT2D eigenvalue weighted by Crippen LogP contribution is -2.57. The van der Waals surface area contributed by atoms with Crippen LogP contribution in [-0.2, 0) is 11.2 Å². The maximum absolute atomic E-state index is 15.2. The van der Waals surface area contributed by atoms with Gasteiger partial charge in [-0.3, -0.25) is 4.90 Å². The number of aromatic nitrogens is 1. The first-order valence-corrected chi connectivity index (χ1v) is 10.4. The third-order valence-corrected chi connectivity index (χ3v) is 6.67. The Morgan fingerprint density at radius 1 is 1.21 bits per heavy atom. The quantitative estimate of drug-likeness (QED) is 0.533. The van der Waals surface area contributed by atoms with Crippen molar-refractivity contribution in [1.82, 2.24) is 9.88 Å². The Morgan fingerprint density at radius 3 is 2.69 bits per heavy atom. The van der Waals surface area contributed by atoms with E-state index in [0.717, 1.165) is 22.2 Å². The van der Waals surface area contributed by atoms with Crippen molar-refractivity contribution in [3.8, 4) is 0 Å². The highest BCUT2D eigenvalue weighted by molar-refractivity contribution is 9.10. The van der Waals surface area contributed by atoms with Gasteiger partial charge in [-0.2, -0.15) is 0 Å². The van der Waals surface area contributed by atoms with Crippen LogP contribution in [0.5, 0.6) is 0 Å². The molecule has 3 aromatic rings. The minimum absolute atomic E-state index is 0.00590. The highest BCUT2D eigenvalue weighted by Gasteiger charge is 2.46. The monoisotopic (exact) mass is 464 g/mol. The van der Waals surface area contributed by atoms with Crippen molar-refractivity contribution in [2.45, 2.75) is 31.1 Å². The fourth-order valence-corrected chi connectivity index (χ4v) is 4.95. The summed E-state index contributed by atoms with van der Waals surface area (Å²) in [5.41, 5.74) is 1.10. The van der Waals surface area contributed by atoms with Gasteiger partial charge in [-0.15, -0.1) is 0 Å². The number of hydrogen-bond donors (Lipinski definition) is 1. The zero-order chi connectivity index (χ0) is 20.3. The van der Waals surface area contributed by atoms with E-state index in [1.54, 1.807) is 0 Å². The molecular weight excluding hydrogens is 445 g/mol. The lowest BCUT2D eigenvalue weighted by Gasteiger charge is -2.46. The molecule has 1 aromatic heterocycles. The summed E-state index contributed by atoms with van der Waals surface area (Å²) < 4.78 is 50.5. The first-order valence-electron chi connectivity index (χ1n) is 9.63. The number of fused-ring (bicyclic) bond motifs is 3. The van der Waals surface area contributed by atoms with Crippen molar-refractivity contribution in [3.05, 3.63) is 69.3 Å². The Bertz CT molecular complexity index is 1100. The van der Waals surface area contributed by atoms with Gasteiger partial charge in [0.15, 0.2) is 5.67 Å². The molecule has 29 heavy (non-hydrogen) atoms.